The van der Waals surface area contributed by atoms with Gasteiger partial charge in [-0.05, 0) is 0 Å². The molecule has 1 aliphatic rings. The van der Waals surface area contributed by atoms with Crippen molar-refractivity contribution in [2.45, 2.75) is 12.5 Å². The van der Waals surface area contributed by atoms with Crippen LogP contribution in [0, 0.1) is 0 Å². The lowest BCUT2D eigenvalue weighted by Crippen LogP contribution is -2.42. The predicted octanol–water partition coefficient (Wildman–Crippen LogP) is -0.672. The summed E-state index contributed by atoms with van der Waals surface area (Å²) in [5, 5.41) is 5.72. The van der Waals surface area contributed by atoms with Crippen LogP contribution in [0.4, 0.5) is 0 Å². The molecule has 0 radical (unpaired) electrons. The van der Waals surface area contributed by atoms with Crippen molar-refractivity contribution in [1.29, 1.82) is 0 Å². The molecule has 0 spiro atoms. The number of methoxy groups -OCH3 is 1. The number of nitrogens with one attached hydrogen (secondary N) is 2. The fraction of sp³-hybridized carbons (Fsp3) is 0.750. The summed E-state index contributed by atoms with van der Waals surface area (Å²) >= 11 is 1.69. The lowest BCUT2D eigenvalue weighted by atomic mass is 10.3. The van der Waals surface area contributed by atoms with E-state index in [0.29, 0.717) is 6.54 Å². The first kappa shape index (κ1) is 11.3. The molecule has 0 aromatic rings. The van der Waals surface area contributed by atoms with Crippen LogP contribution in [0.1, 0.15) is 6.42 Å². The van der Waals surface area contributed by atoms with Crippen molar-refractivity contribution in [3.63, 3.8) is 0 Å². The fourth-order valence-corrected chi connectivity index (χ4v) is 2.02. The molecule has 2 N–H and O–H groups in total. The van der Waals surface area contributed by atoms with Gasteiger partial charge in [-0.15, -0.1) is 11.8 Å². The highest BCUT2D eigenvalue weighted by Crippen LogP contribution is 2.08. The Bertz CT molecular complexity index is 217. The largest absolute Gasteiger partial charge is 0.469 e. The first-order valence-corrected chi connectivity index (χ1v) is 5.55. The van der Waals surface area contributed by atoms with Crippen LogP contribution in [0.5, 0.6) is 0 Å². The predicted molar refractivity (Wildman–Crippen MR) is 53.9 cm³/mol. The molecular weight excluding hydrogens is 204 g/mol. The topological polar surface area (TPSA) is 67.4 Å². The molecule has 6 heteroatoms. The normalized spacial score (nSPS) is 20.5. The van der Waals surface area contributed by atoms with Gasteiger partial charge in [0.1, 0.15) is 0 Å². The second-order valence-electron chi connectivity index (χ2n) is 2.89. The fourth-order valence-electron chi connectivity index (χ4n) is 1.08. The summed E-state index contributed by atoms with van der Waals surface area (Å²) in [4.78, 5) is 22.1. The number of thioether (sulfide) groups is 1. The van der Waals surface area contributed by atoms with Crippen LogP contribution in [0.3, 0.4) is 0 Å². The zero-order chi connectivity index (χ0) is 10.4. The van der Waals surface area contributed by atoms with E-state index < -0.39 is 0 Å². The van der Waals surface area contributed by atoms with Gasteiger partial charge >= 0.3 is 5.97 Å². The van der Waals surface area contributed by atoms with Gasteiger partial charge in [-0.3, -0.25) is 14.9 Å². The Hall–Kier alpha value is -0.750. The van der Waals surface area contributed by atoms with E-state index in [9.17, 15) is 9.59 Å². The molecule has 1 heterocycles. The molecule has 0 aliphatic carbocycles. The van der Waals surface area contributed by atoms with Crippen molar-refractivity contribution in [2.75, 3.05) is 25.3 Å². The van der Waals surface area contributed by atoms with Crippen molar-refractivity contribution in [1.82, 2.24) is 10.6 Å². The van der Waals surface area contributed by atoms with E-state index in [1.807, 2.05) is 0 Å². The molecule has 80 valence electrons. The molecule has 0 aromatic heterocycles. The smallest absolute Gasteiger partial charge is 0.307 e. The number of esters is 1. The third-order valence-corrected chi connectivity index (χ3v) is 2.83. The van der Waals surface area contributed by atoms with Crippen molar-refractivity contribution < 1.29 is 14.3 Å². The average Bonchev–Trinajstić information content (AvgIpc) is 2.70. The zero-order valence-electron chi connectivity index (χ0n) is 8.04. The van der Waals surface area contributed by atoms with Crippen LogP contribution < -0.4 is 10.6 Å². The van der Waals surface area contributed by atoms with Gasteiger partial charge in [0, 0.05) is 18.2 Å². The Morgan fingerprint density at radius 1 is 1.64 bits per heavy atom. The van der Waals surface area contributed by atoms with E-state index in [4.69, 9.17) is 0 Å². The molecule has 0 bridgehead atoms. The molecule has 0 unspecified atom stereocenters. The summed E-state index contributed by atoms with van der Waals surface area (Å²) in [6.07, 6.45) is 0.224. The van der Waals surface area contributed by atoms with Gasteiger partial charge in [-0.1, -0.05) is 0 Å². The summed E-state index contributed by atoms with van der Waals surface area (Å²) in [5.74, 6) is 1.26. The number of carbonyl (C=O) groups is 2. The van der Waals surface area contributed by atoms with E-state index in [-0.39, 0.29) is 24.3 Å². The summed E-state index contributed by atoms with van der Waals surface area (Å²) in [5.41, 5.74) is 0. The Kier molecular flexibility index (Phi) is 4.75. The molecule has 1 aliphatic heterocycles. The van der Waals surface area contributed by atoms with Gasteiger partial charge in [0.15, 0.2) is 0 Å². The molecular formula is C8H14N2O3S. The quantitative estimate of drug-likeness (QED) is 0.612. The highest BCUT2D eigenvalue weighted by atomic mass is 32.2. The maximum Gasteiger partial charge on any atom is 0.307 e. The zero-order valence-corrected chi connectivity index (χ0v) is 8.86. The number of hydrogen-bond acceptors (Lipinski definition) is 5. The van der Waals surface area contributed by atoms with Crippen molar-refractivity contribution in [3.8, 4) is 0 Å². The highest BCUT2D eigenvalue weighted by Gasteiger charge is 2.21. The molecule has 1 rings (SSSR count). The van der Waals surface area contributed by atoms with Crippen molar-refractivity contribution >= 4 is 23.6 Å². The summed E-state index contributed by atoms with van der Waals surface area (Å²) < 4.78 is 4.45. The molecule has 5 nitrogen and oxygen atoms in total. The highest BCUT2D eigenvalue weighted by molar-refractivity contribution is 7.99. The SMILES string of the molecule is COC(=O)CCNC(=O)[C@H]1CSCN1. The van der Waals surface area contributed by atoms with E-state index in [1.54, 1.807) is 11.8 Å². The monoisotopic (exact) mass is 218 g/mol. The van der Waals surface area contributed by atoms with Crippen LogP contribution in [0.2, 0.25) is 0 Å². The number of ether oxygens (including phenoxy) is 1. The van der Waals surface area contributed by atoms with Gasteiger partial charge in [-0.2, -0.15) is 0 Å². The van der Waals surface area contributed by atoms with E-state index in [0.717, 1.165) is 11.6 Å². The first-order chi connectivity index (χ1) is 6.74. The van der Waals surface area contributed by atoms with E-state index >= 15 is 0 Å². The molecule has 1 saturated heterocycles. The molecule has 1 fully saturated rings. The standard InChI is InChI=1S/C8H14N2O3S/c1-13-7(11)2-3-9-8(12)6-4-14-5-10-6/h6,10H,2-5H2,1H3,(H,9,12)/t6-/m1/s1. The van der Waals surface area contributed by atoms with Crippen molar-refractivity contribution in [3.05, 3.63) is 0 Å². The lowest BCUT2D eigenvalue weighted by Gasteiger charge is -2.09. The maximum atomic E-state index is 11.4. The minimum absolute atomic E-state index is 0.0427. The number of rotatable bonds is 4. The second kappa shape index (κ2) is 5.87. The number of carbonyl (C=O) groups excluding carboxylic acids is 2. The second-order valence-corrected chi connectivity index (χ2v) is 3.92. The Balaban J connectivity index is 2.11. The van der Waals surface area contributed by atoms with Crippen LogP contribution in [-0.2, 0) is 14.3 Å². The van der Waals surface area contributed by atoms with Gasteiger partial charge in [0.05, 0.1) is 19.6 Å². The number of amides is 1. The summed E-state index contributed by atoms with van der Waals surface area (Å²) in [6, 6.07) is -0.113. The minimum Gasteiger partial charge on any atom is -0.469 e. The van der Waals surface area contributed by atoms with Crippen LogP contribution in [0.25, 0.3) is 0 Å². The van der Waals surface area contributed by atoms with Gasteiger partial charge in [0.25, 0.3) is 0 Å². The Labute approximate surface area is 86.9 Å². The van der Waals surface area contributed by atoms with Gasteiger partial charge < -0.3 is 10.1 Å². The third kappa shape index (κ3) is 3.55. The molecule has 0 aromatic carbocycles. The molecule has 1 atom stereocenters. The van der Waals surface area contributed by atoms with Gasteiger partial charge in [-0.25, -0.2) is 0 Å². The maximum absolute atomic E-state index is 11.4. The van der Waals surface area contributed by atoms with Crippen LogP contribution in [0.15, 0.2) is 0 Å². The van der Waals surface area contributed by atoms with E-state index in [2.05, 4.69) is 15.4 Å². The third-order valence-electron chi connectivity index (χ3n) is 1.89. The number of hydrogen-bond donors (Lipinski definition) is 2. The summed E-state index contributed by atoms with van der Waals surface area (Å²) in [7, 11) is 1.33. The molecule has 1 amide bonds. The minimum atomic E-state index is -0.306. The Morgan fingerprint density at radius 2 is 2.43 bits per heavy atom. The van der Waals surface area contributed by atoms with Crippen LogP contribution in [-0.4, -0.2) is 43.2 Å². The van der Waals surface area contributed by atoms with Crippen LogP contribution >= 0.6 is 11.8 Å². The van der Waals surface area contributed by atoms with E-state index in [1.165, 1.54) is 7.11 Å². The van der Waals surface area contributed by atoms with Crippen molar-refractivity contribution in [2.24, 2.45) is 0 Å². The van der Waals surface area contributed by atoms with Gasteiger partial charge in [0.2, 0.25) is 5.91 Å². The lowest BCUT2D eigenvalue weighted by molar-refractivity contribution is -0.140. The Morgan fingerprint density at radius 3 is 3.00 bits per heavy atom. The summed E-state index contributed by atoms with van der Waals surface area (Å²) in [6.45, 7) is 0.342. The molecule has 0 saturated carbocycles. The average molecular weight is 218 g/mol. The first-order valence-electron chi connectivity index (χ1n) is 4.39. The molecule has 14 heavy (non-hydrogen) atoms.